The van der Waals surface area contributed by atoms with Crippen molar-refractivity contribution in [1.29, 1.82) is 0 Å². The van der Waals surface area contributed by atoms with E-state index in [9.17, 15) is 20.0 Å². The number of hydrogen-bond acceptors (Lipinski definition) is 6. The van der Waals surface area contributed by atoms with E-state index in [2.05, 4.69) is 4.74 Å². The van der Waals surface area contributed by atoms with Crippen molar-refractivity contribution in [1.82, 2.24) is 0 Å². The molecule has 19 heavy (non-hydrogen) atoms. The lowest BCUT2D eigenvalue weighted by Crippen LogP contribution is -2.34. The molecule has 3 N–H and O–H groups in total. The van der Waals surface area contributed by atoms with E-state index >= 15 is 0 Å². The van der Waals surface area contributed by atoms with Crippen molar-refractivity contribution in [3.05, 3.63) is 32.9 Å². The van der Waals surface area contributed by atoms with Gasteiger partial charge in [0.1, 0.15) is 11.8 Å². The van der Waals surface area contributed by atoms with Crippen molar-refractivity contribution in [2.45, 2.75) is 26.3 Å². The molecule has 0 aromatic heterocycles. The van der Waals surface area contributed by atoms with Crippen LogP contribution in [-0.2, 0) is 16.0 Å². The van der Waals surface area contributed by atoms with Crippen LogP contribution in [-0.4, -0.2) is 29.2 Å². The summed E-state index contributed by atoms with van der Waals surface area (Å²) in [6.45, 7) is 3.05. The fraction of sp³-hybridized carbons (Fsp3) is 0.417. The number of nitrogens with two attached hydrogens (primary N) is 1. The van der Waals surface area contributed by atoms with E-state index in [1.807, 2.05) is 0 Å². The van der Waals surface area contributed by atoms with Gasteiger partial charge in [-0.3, -0.25) is 14.9 Å². The molecule has 0 radical (unpaired) electrons. The first-order chi connectivity index (χ1) is 8.79. The minimum atomic E-state index is -0.975. The average Bonchev–Trinajstić information content (AvgIpc) is 2.32. The fourth-order valence-electron chi connectivity index (χ4n) is 1.98. The van der Waals surface area contributed by atoms with Gasteiger partial charge in [0.25, 0.3) is 5.69 Å². The molecule has 7 nitrogen and oxygen atoms in total. The maximum Gasteiger partial charge on any atom is 0.322 e. The third kappa shape index (κ3) is 3.00. The number of carbonyl (C=O) groups excluding carboxylic acids is 1. The van der Waals surface area contributed by atoms with Crippen LogP contribution in [0, 0.1) is 24.0 Å². The van der Waals surface area contributed by atoms with Crippen LogP contribution in [0.25, 0.3) is 0 Å². The molecule has 1 atom stereocenters. The second kappa shape index (κ2) is 5.66. The lowest BCUT2D eigenvalue weighted by atomic mass is 9.96. The zero-order valence-electron chi connectivity index (χ0n) is 11.0. The van der Waals surface area contributed by atoms with Gasteiger partial charge in [-0.05, 0) is 19.9 Å². The summed E-state index contributed by atoms with van der Waals surface area (Å²) < 4.78 is 4.49. The van der Waals surface area contributed by atoms with E-state index in [0.29, 0.717) is 11.1 Å². The second-order valence-corrected chi connectivity index (χ2v) is 4.26. The van der Waals surface area contributed by atoms with Gasteiger partial charge >= 0.3 is 5.97 Å². The minimum absolute atomic E-state index is 0.0224. The summed E-state index contributed by atoms with van der Waals surface area (Å²) in [7, 11) is 1.20. The van der Waals surface area contributed by atoms with E-state index in [-0.39, 0.29) is 23.4 Å². The van der Waals surface area contributed by atoms with Crippen LogP contribution < -0.4 is 5.73 Å². The molecule has 0 aliphatic rings. The molecule has 1 aromatic rings. The molecule has 0 aliphatic heterocycles. The molecule has 7 heteroatoms. The summed E-state index contributed by atoms with van der Waals surface area (Å²) >= 11 is 0. The van der Waals surface area contributed by atoms with Gasteiger partial charge in [-0.2, -0.15) is 0 Å². The number of ether oxygens (including phenoxy) is 1. The highest BCUT2D eigenvalue weighted by Crippen LogP contribution is 2.33. The van der Waals surface area contributed by atoms with E-state index in [1.165, 1.54) is 27.0 Å². The number of aromatic hydroxyl groups is 1. The summed E-state index contributed by atoms with van der Waals surface area (Å²) in [6, 6.07) is 0.321. The first-order valence-corrected chi connectivity index (χ1v) is 5.59. The Balaban J connectivity index is 3.25. The van der Waals surface area contributed by atoms with Gasteiger partial charge in [-0.15, -0.1) is 0 Å². The number of nitro benzene ring substituents is 1. The van der Waals surface area contributed by atoms with Gasteiger partial charge in [-0.1, -0.05) is 0 Å². The number of benzene rings is 1. The highest BCUT2D eigenvalue weighted by atomic mass is 16.6. The zero-order valence-corrected chi connectivity index (χ0v) is 11.0. The molecular formula is C12H16N2O5. The first-order valence-electron chi connectivity index (χ1n) is 5.59. The molecule has 0 saturated heterocycles. The van der Waals surface area contributed by atoms with E-state index in [1.54, 1.807) is 0 Å². The Hall–Kier alpha value is -2.15. The molecule has 0 fully saturated rings. The summed E-state index contributed by atoms with van der Waals surface area (Å²) in [5, 5.41) is 20.8. The van der Waals surface area contributed by atoms with Gasteiger partial charge in [-0.25, -0.2) is 0 Å². The van der Waals surface area contributed by atoms with Crippen molar-refractivity contribution in [3.8, 4) is 5.75 Å². The molecule has 1 aromatic carbocycles. The van der Waals surface area contributed by atoms with Crippen molar-refractivity contribution in [2.75, 3.05) is 7.11 Å². The van der Waals surface area contributed by atoms with Crippen LogP contribution in [0.2, 0.25) is 0 Å². The Kier molecular flexibility index (Phi) is 4.44. The normalized spacial score (nSPS) is 12.0. The summed E-state index contributed by atoms with van der Waals surface area (Å²) in [5.41, 5.74) is 6.48. The van der Waals surface area contributed by atoms with Crippen LogP contribution >= 0.6 is 0 Å². The van der Waals surface area contributed by atoms with Crippen molar-refractivity contribution >= 4 is 11.7 Å². The molecular weight excluding hydrogens is 252 g/mol. The molecule has 104 valence electrons. The SMILES string of the molecule is COC(=O)C(N)Cc1c(O)cc(C)c([N+](=O)[O-])c1C. The van der Waals surface area contributed by atoms with Crippen LogP contribution in [0.4, 0.5) is 5.69 Å². The number of methoxy groups -OCH3 is 1. The Morgan fingerprint density at radius 1 is 1.58 bits per heavy atom. The number of nitrogens with zero attached hydrogens (tertiary/aromatic N) is 1. The first kappa shape index (κ1) is 14.9. The van der Waals surface area contributed by atoms with Gasteiger partial charge in [0.15, 0.2) is 0 Å². The lowest BCUT2D eigenvalue weighted by Gasteiger charge is -2.14. The maximum atomic E-state index is 11.3. The predicted molar refractivity (Wildman–Crippen MR) is 67.9 cm³/mol. The monoisotopic (exact) mass is 268 g/mol. The number of esters is 1. The van der Waals surface area contributed by atoms with Gasteiger partial charge in [0.2, 0.25) is 0 Å². The van der Waals surface area contributed by atoms with E-state index in [4.69, 9.17) is 5.73 Å². The van der Waals surface area contributed by atoms with E-state index < -0.39 is 16.9 Å². The molecule has 0 amide bonds. The third-order valence-corrected chi connectivity index (χ3v) is 2.95. The highest BCUT2D eigenvalue weighted by Gasteiger charge is 2.24. The Bertz CT molecular complexity index is 527. The average molecular weight is 268 g/mol. The topological polar surface area (TPSA) is 116 Å². The van der Waals surface area contributed by atoms with Crippen molar-refractivity contribution in [3.63, 3.8) is 0 Å². The number of carbonyl (C=O) groups is 1. The van der Waals surface area contributed by atoms with Crippen molar-refractivity contribution < 1.29 is 19.6 Å². The lowest BCUT2D eigenvalue weighted by molar-refractivity contribution is -0.386. The maximum absolute atomic E-state index is 11.3. The Morgan fingerprint density at radius 3 is 2.63 bits per heavy atom. The van der Waals surface area contributed by atoms with Gasteiger partial charge in [0.05, 0.1) is 12.0 Å². The van der Waals surface area contributed by atoms with Gasteiger partial charge < -0.3 is 15.6 Å². The predicted octanol–water partition coefficient (Wildman–Crippen LogP) is 0.960. The number of rotatable bonds is 4. The minimum Gasteiger partial charge on any atom is -0.508 e. The van der Waals surface area contributed by atoms with Crippen LogP contribution in [0.1, 0.15) is 16.7 Å². The van der Waals surface area contributed by atoms with Crippen molar-refractivity contribution in [2.24, 2.45) is 5.73 Å². The number of aryl methyl sites for hydroxylation is 1. The Labute approximate surface area is 110 Å². The standard InChI is InChI=1S/C12H16N2O5/c1-6-4-10(15)8(5-9(13)12(16)19-3)7(2)11(6)14(17)18/h4,9,15H,5,13H2,1-3H3. The summed E-state index contributed by atoms with van der Waals surface area (Å²) in [4.78, 5) is 21.7. The van der Waals surface area contributed by atoms with Crippen LogP contribution in [0.15, 0.2) is 6.07 Å². The number of hydrogen-bond donors (Lipinski definition) is 2. The molecule has 1 rings (SSSR count). The second-order valence-electron chi connectivity index (χ2n) is 4.26. The quantitative estimate of drug-likeness (QED) is 0.477. The molecule has 0 bridgehead atoms. The van der Waals surface area contributed by atoms with Gasteiger partial charge in [0, 0.05) is 23.1 Å². The molecule has 0 aliphatic carbocycles. The highest BCUT2D eigenvalue weighted by molar-refractivity contribution is 5.76. The number of phenolic OH excluding ortho intramolecular Hbond substituents is 1. The zero-order chi connectivity index (χ0) is 14.7. The largest absolute Gasteiger partial charge is 0.508 e. The Morgan fingerprint density at radius 2 is 2.16 bits per heavy atom. The molecule has 0 saturated carbocycles. The molecule has 0 spiro atoms. The number of phenols is 1. The smallest absolute Gasteiger partial charge is 0.322 e. The third-order valence-electron chi connectivity index (χ3n) is 2.95. The summed E-state index contributed by atoms with van der Waals surface area (Å²) in [6.07, 6.45) is -0.0224. The van der Waals surface area contributed by atoms with E-state index in [0.717, 1.165) is 0 Å². The van der Waals surface area contributed by atoms with Crippen LogP contribution in [0.5, 0.6) is 5.75 Å². The molecule has 1 unspecified atom stereocenters. The summed E-state index contributed by atoms with van der Waals surface area (Å²) in [5.74, 6) is -0.748. The fourth-order valence-corrected chi connectivity index (χ4v) is 1.98. The molecule has 0 heterocycles. The number of nitro groups is 1. The van der Waals surface area contributed by atoms with Crippen LogP contribution in [0.3, 0.4) is 0 Å².